The van der Waals surface area contributed by atoms with Gasteiger partial charge in [-0.2, -0.15) is 0 Å². The van der Waals surface area contributed by atoms with Crippen LogP contribution in [-0.4, -0.2) is 22.6 Å². The van der Waals surface area contributed by atoms with E-state index >= 15 is 0 Å². The van der Waals surface area contributed by atoms with Crippen molar-refractivity contribution in [3.8, 4) is 0 Å². The molecule has 0 saturated carbocycles. The summed E-state index contributed by atoms with van der Waals surface area (Å²) >= 11 is 0. The van der Waals surface area contributed by atoms with Crippen molar-refractivity contribution in [3.05, 3.63) is 47.2 Å². The van der Waals surface area contributed by atoms with Gasteiger partial charge in [0.1, 0.15) is 0 Å². The molecular weight excluding hydrogens is 230 g/mol. The molecule has 0 fully saturated rings. The minimum absolute atomic E-state index is 0.0914. The molecular formula is C13H15N3O2. The molecule has 0 aliphatic carbocycles. The van der Waals surface area contributed by atoms with Crippen molar-refractivity contribution in [1.29, 1.82) is 0 Å². The summed E-state index contributed by atoms with van der Waals surface area (Å²) in [7, 11) is 0. The van der Waals surface area contributed by atoms with Gasteiger partial charge in [-0.1, -0.05) is 17.7 Å². The molecule has 1 amide bonds. The van der Waals surface area contributed by atoms with Crippen molar-refractivity contribution < 1.29 is 9.21 Å². The zero-order valence-electron chi connectivity index (χ0n) is 10.4. The topological polar surface area (TPSA) is 68.0 Å². The lowest BCUT2D eigenvalue weighted by atomic mass is 10.1. The van der Waals surface area contributed by atoms with Gasteiger partial charge in [0.05, 0.1) is 0 Å². The molecule has 0 radical (unpaired) electrons. The molecule has 0 saturated heterocycles. The largest absolute Gasteiger partial charge is 0.426 e. The van der Waals surface area contributed by atoms with Gasteiger partial charge in [-0.15, -0.1) is 10.2 Å². The Hall–Kier alpha value is -2.17. The van der Waals surface area contributed by atoms with Crippen molar-refractivity contribution >= 4 is 5.91 Å². The fraction of sp³-hybridized carbons (Fsp3) is 0.308. The number of aryl methyl sites for hydroxylation is 2. The van der Waals surface area contributed by atoms with E-state index < -0.39 is 0 Å². The lowest BCUT2D eigenvalue weighted by Gasteiger charge is -2.03. The minimum atomic E-state index is -0.0914. The Morgan fingerprint density at radius 2 is 1.94 bits per heavy atom. The van der Waals surface area contributed by atoms with Crippen LogP contribution in [0, 0.1) is 13.8 Å². The Bertz CT molecular complexity index is 531. The summed E-state index contributed by atoms with van der Waals surface area (Å²) in [5, 5.41) is 10.4. The summed E-state index contributed by atoms with van der Waals surface area (Å²) in [5.41, 5.74) is 1.79. The molecule has 0 aliphatic heterocycles. The average Bonchev–Trinajstić information content (AvgIpc) is 2.76. The first-order valence-corrected chi connectivity index (χ1v) is 5.79. The smallest absolute Gasteiger partial charge is 0.251 e. The lowest BCUT2D eigenvalue weighted by molar-refractivity contribution is 0.0953. The third kappa shape index (κ3) is 3.16. The second-order valence-electron chi connectivity index (χ2n) is 4.09. The van der Waals surface area contributed by atoms with Crippen LogP contribution >= 0.6 is 0 Å². The minimum Gasteiger partial charge on any atom is -0.426 e. The van der Waals surface area contributed by atoms with Gasteiger partial charge >= 0.3 is 0 Å². The summed E-state index contributed by atoms with van der Waals surface area (Å²) in [6.45, 7) is 4.20. The van der Waals surface area contributed by atoms with E-state index in [4.69, 9.17) is 4.42 Å². The van der Waals surface area contributed by atoms with Crippen LogP contribution in [0.15, 0.2) is 28.7 Å². The van der Waals surface area contributed by atoms with Gasteiger partial charge in [-0.05, 0) is 19.1 Å². The van der Waals surface area contributed by atoms with Crippen LogP contribution in [0.2, 0.25) is 0 Å². The molecule has 1 N–H and O–H groups in total. The van der Waals surface area contributed by atoms with Crippen LogP contribution in [0.3, 0.4) is 0 Å². The number of carbonyl (C=O) groups is 1. The van der Waals surface area contributed by atoms with Crippen molar-refractivity contribution in [2.75, 3.05) is 6.54 Å². The van der Waals surface area contributed by atoms with Gasteiger partial charge in [0.25, 0.3) is 5.91 Å². The Morgan fingerprint density at radius 1 is 1.22 bits per heavy atom. The fourth-order valence-corrected chi connectivity index (χ4v) is 1.53. The Labute approximate surface area is 105 Å². The van der Waals surface area contributed by atoms with E-state index in [1.54, 1.807) is 6.92 Å². The Morgan fingerprint density at radius 3 is 2.56 bits per heavy atom. The summed E-state index contributed by atoms with van der Waals surface area (Å²) in [6, 6.07) is 7.44. The molecule has 0 bridgehead atoms. The molecule has 0 atom stereocenters. The fourth-order valence-electron chi connectivity index (χ4n) is 1.53. The average molecular weight is 245 g/mol. The summed E-state index contributed by atoms with van der Waals surface area (Å²) < 4.78 is 5.21. The molecule has 0 aliphatic rings. The van der Waals surface area contributed by atoms with E-state index in [-0.39, 0.29) is 5.91 Å². The maximum atomic E-state index is 11.8. The molecule has 94 valence electrons. The molecule has 0 spiro atoms. The lowest BCUT2D eigenvalue weighted by Crippen LogP contribution is -2.25. The van der Waals surface area contributed by atoms with Gasteiger partial charge in [0, 0.05) is 25.5 Å². The third-order valence-electron chi connectivity index (χ3n) is 2.51. The number of benzene rings is 1. The van der Waals surface area contributed by atoms with E-state index in [1.807, 2.05) is 31.2 Å². The highest BCUT2D eigenvalue weighted by Gasteiger charge is 2.06. The number of aromatic nitrogens is 2. The van der Waals surface area contributed by atoms with Crippen LogP contribution < -0.4 is 5.32 Å². The zero-order chi connectivity index (χ0) is 13.0. The van der Waals surface area contributed by atoms with Crippen molar-refractivity contribution in [3.63, 3.8) is 0 Å². The highest BCUT2D eigenvalue weighted by atomic mass is 16.4. The van der Waals surface area contributed by atoms with Crippen molar-refractivity contribution in [1.82, 2.24) is 15.5 Å². The van der Waals surface area contributed by atoms with Gasteiger partial charge in [-0.3, -0.25) is 4.79 Å². The molecule has 1 aromatic heterocycles. The van der Waals surface area contributed by atoms with Gasteiger partial charge in [-0.25, -0.2) is 0 Å². The van der Waals surface area contributed by atoms with Crippen LogP contribution in [-0.2, 0) is 6.42 Å². The van der Waals surface area contributed by atoms with E-state index in [1.165, 1.54) is 0 Å². The predicted molar refractivity (Wildman–Crippen MR) is 66.3 cm³/mol. The summed E-state index contributed by atoms with van der Waals surface area (Å²) in [4.78, 5) is 11.8. The maximum Gasteiger partial charge on any atom is 0.251 e. The molecule has 0 unspecified atom stereocenters. The zero-order valence-corrected chi connectivity index (χ0v) is 10.4. The highest BCUT2D eigenvalue weighted by Crippen LogP contribution is 2.03. The standard InChI is InChI=1S/C13H15N3O2/c1-9-3-5-11(6-4-9)13(17)14-8-7-12-16-15-10(2)18-12/h3-6H,7-8H2,1-2H3,(H,14,17). The number of hydrogen-bond acceptors (Lipinski definition) is 4. The number of nitrogens with one attached hydrogen (secondary N) is 1. The maximum absolute atomic E-state index is 11.8. The molecule has 5 heteroatoms. The van der Waals surface area contributed by atoms with Crippen LogP contribution in [0.5, 0.6) is 0 Å². The first kappa shape index (κ1) is 12.3. The molecule has 1 aromatic carbocycles. The highest BCUT2D eigenvalue weighted by molar-refractivity contribution is 5.94. The number of amides is 1. The summed E-state index contributed by atoms with van der Waals surface area (Å²) in [5.74, 6) is 0.984. The Balaban J connectivity index is 1.83. The molecule has 2 rings (SSSR count). The molecule has 2 aromatic rings. The van der Waals surface area contributed by atoms with Crippen molar-refractivity contribution in [2.24, 2.45) is 0 Å². The second kappa shape index (κ2) is 5.44. The third-order valence-corrected chi connectivity index (χ3v) is 2.51. The van der Waals surface area contributed by atoms with E-state index in [0.717, 1.165) is 5.56 Å². The van der Waals surface area contributed by atoms with E-state index in [9.17, 15) is 4.79 Å². The number of nitrogens with zero attached hydrogens (tertiary/aromatic N) is 2. The van der Waals surface area contributed by atoms with Gasteiger partial charge < -0.3 is 9.73 Å². The van der Waals surface area contributed by atoms with Crippen molar-refractivity contribution in [2.45, 2.75) is 20.3 Å². The van der Waals surface area contributed by atoms with Gasteiger partial charge in [0.2, 0.25) is 11.8 Å². The molecule has 5 nitrogen and oxygen atoms in total. The number of hydrogen-bond donors (Lipinski definition) is 1. The van der Waals surface area contributed by atoms with E-state index in [0.29, 0.717) is 30.3 Å². The number of rotatable bonds is 4. The first-order chi connectivity index (χ1) is 8.65. The van der Waals surface area contributed by atoms with Crippen LogP contribution in [0.4, 0.5) is 0 Å². The SMILES string of the molecule is Cc1ccc(C(=O)NCCc2nnc(C)o2)cc1. The first-order valence-electron chi connectivity index (χ1n) is 5.79. The Kier molecular flexibility index (Phi) is 3.72. The van der Waals surface area contributed by atoms with Crippen LogP contribution in [0.25, 0.3) is 0 Å². The number of carbonyl (C=O) groups excluding carboxylic acids is 1. The quantitative estimate of drug-likeness (QED) is 0.889. The second-order valence-corrected chi connectivity index (χ2v) is 4.09. The molecule has 18 heavy (non-hydrogen) atoms. The normalized spacial score (nSPS) is 10.3. The molecule has 1 heterocycles. The van der Waals surface area contributed by atoms with E-state index in [2.05, 4.69) is 15.5 Å². The predicted octanol–water partition coefficient (Wildman–Crippen LogP) is 1.66. The monoisotopic (exact) mass is 245 g/mol. The van der Waals surface area contributed by atoms with Gasteiger partial charge in [0.15, 0.2) is 0 Å². The van der Waals surface area contributed by atoms with Crippen LogP contribution in [0.1, 0.15) is 27.7 Å². The summed E-state index contributed by atoms with van der Waals surface area (Å²) in [6.07, 6.45) is 0.540.